The van der Waals surface area contributed by atoms with Crippen LogP contribution in [0.4, 0.5) is 0 Å². The van der Waals surface area contributed by atoms with E-state index in [4.69, 9.17) is 4.42 Å². The Morgan fingerprint density at radius 1 is 1.13 bits per heavy atom. The van der Waals surface area contributed by atoms with Crippen molar-refractivity contribution >= 4 is 17.0 Å². The van der Waals surface area contributed by atoms with Gasteiger partial charge in [0.05, 0.1) is 17.0 Å². The van der Waals surface area contributed by atoms with Crippen molar-refractivity contribution < 1.29 is 9.21 Å². The molecule has 1 N–H and O–H groups in total. The molecule has 1 unspecified atom stereocenters. The number of nitrogens with zero attached hydrogens (tertiary/aromatic N) is 2. The highest BCUT2D eigenvalue weighted by atomic mass is 16.4. The van der Waals surface area contributed by atoms with Gasteiger partial charge in [-0.3, -0.25) is 9.36 Å². The number of hydrogen-bond acceptors (Lipinski definition) is 4. The maximum atomic E-state index is 13.5. The van der Waals surface area contributed by atoms with Gasteiger partial charge in [-0.25, -0.2) is 4.79 Å². The molecule has 1 aliphatic carbocycles. The van der Waals surface area contributed by atoms with E-state index in [9.17, 15) is 9.59 Å². The van der Waals surface area contributed by atoms with Crippen LogP contribution >= 0.6 is 0 Å². The molecule has 1 atom stereocenters. The van der Waals surface area contributed by atoms with E-state index < -0.39 is 5.41 Å². The summed E-state index contributed by atoms with van der Waals surface area (Å²) in [6, 6.07) is 15.9. The van der Waals surface area contributed by atoms with Gasteiger partial charge in [0.15, 0.2) is 5.58 Å². The van der Waals surface area contributed by atoms with Crippen LogP contribution in [0.2, 0.25) is 0 Å². The molecule has 1 amide bonds. The molecule has 2 heterocycles. The van der Waals surface area contributed by atoms with E-state index in [2.05, 4.69) is 22.3 Å². The molecule has 3 aromatic rings. The Bertz CT molecular complexity index is 1120. The molecule has 6 nitrogen and oxygen atoms in total. The number of fused-ring (bicyclic) bond motifs is 1. The molecule has 1 aromatic heterocycles. The Labute approximate surface area is 175 Å². The second kappa shape index (κ2) is 7.43. The largest absolute Gasteiger partial charge is 0.419 e. The molecule has 0 spiro atoms. The fourth-order valence-corrected chi connectivity index (χ4v) is 4.64. The Morgan fingerprint density at radius 2 is 1.87 bits per heavy atom. The molecule has 6 heteroatoms. The first-order valence-corrected chi connectivity index (χ1v) is 10.8. The zero-order valence-corrected chi connectivity index (χ0v) is 17.3. The number of carbonyl (C=O) groups excluding carboxylic acids is 1. The highest BCUT2D eigenvalue weighted by Gasteiger charge is 2.52. The summed E-state index contributed by atoms with van der Waals surface area (Å²) in [6.45, 7) is 3.02. The number of rotatable bonds is 6. The molecule has 5 rings (SSSR count). The van der Waals surface area contributed by atoms with Crippen LogP contribution in [-0.4, -0.2) is 35.0 Å². The molecule has 1 saturated heterocycles. The maximum absolute atomic E-state index is 13.5. The van der Waals surface area contributed by atoms with Gasteiger partial charge in [0.25, 0.3) is 0 Å². The Morgan fingerprint density at radius 3 is 2.57 bits per heavy atom. The standard InChI is InChI=1S/C24H27N3O3/c1-26-20-15-18(9-10-21(20)30-23(26)29)24(11-12-24)22(28)25-19(16-27-13-5-6-14-27)17-7-3-2-4-8-17/h2-4,7-10,15,19H,5-6,11-14,16H2,1H3,(H,25,28). The van der Waals surface area contributed by atoms with Crippen molar-refractivity contribution in [1.29, 1.82) is 0 Å². The summed E-state index contributed by atoms with van der Waals surface area (Å²) < 4.78 is 6.74. The van der Waals surface area contributed by atoms with Gasteiger partial charge in [-0.15, -0.1) is 0 Å². The lowest BCUT2D eigenvalue weighted by Crippen LogP contribution is -2.41. The lowest BCUT2D eigenvalue weighted by Gasteiger charge is -2.27. The van der Waals surface area contributed by atoms with Crippen LogP contribution in [0.15, 0.2) is 57.7 Å². The molecule has 30 heavy (non-hydrogen) atoms. The third kappa shape index (κ3) is 3.35. The minimum atomic E-state index is -0.514. The van der Waals surface area contributed by atoms with Crippen LogP contribution in [-0.2, 0) is 17.3 Å². The average molecular weight is 405 g/mol. The monoisotopic (exact) mass is 405 g/mol. The second-order valence-electron chi connectivity index (χ2n) is 8.64. The van der Waals surface area contributed by atoms with Gasteiger partial charge in [0.1, 0.15) is 0 Å². The minimum absolute atomic E-state index is 0.0312. The molecule has 1 aliphatic heterocycles. The van der Waals surface area contributed by atoms with Crippen molar-refractivity contribution in [2.75, 3.05) is 19.6 Å². The van der Waals surface area contributed by atoms with Crippen LogP contribution in [0.5, 0.6) is 0 Å². The lowest BCUT2D eigenvalue weighted by molar-refractivity contribution is -0.124. The summed E-state index contributed by atoms with van der Waals surface area (Å²) >= 11 is 0. The van der Waals surface area contributed by atoms with Crippen molar-refractivity contribution in [2.45, 2.75) is 37.1 Å². The van der Waals surface area contributed by atoms with Crippen molar-refractivity contribution in [2.24, 2.45) is 7.05 Å². The first-order valence-electron chi connectivity index (χ1n) is 10.8. The van der Waals surface area contributed by atoms with Gasteiger partial charge in [-0.1, -0.05) is 36.4 Å². The summed E-state index contributed by atoms with van der Waals surface area (Å²) in [7, 11) is 1.69. The zero-order valence-electron chi connectivity index (χ0n) is 17.3. The summed E-state index contributed by atoms with van der Waals surface area (Å²) in [5, 5.41) is 3.36. The molecule has 2 aromatic carbocycles. The van der Waals surface area contributed by atoms with E-state index in [1.807, 2.05) is 30.3 Å². The van der Waals surface area contributed by atoms with Crippen LogP contribution in [0.3, 0.4) is 0 Å². The van der Waals surface area contributed by atoms with Crippen molar-refractivity contribution in [1.82, 2.24) is 14.8 Å². The predicted molar refractivity (Wildman–Crippen MR) is 115 cm³/mol. The molecule has 0 bridgehead atoms. The lowest BCUT2D eigenvalue weighted by atomic mass is 9.93. The van der Waals surface area contributed by atoms with Crippen LogP contribution in [0.1, 0.15) is 42.9 Å². The Balaban J connectivity index is 1.42. The van der Waals surface area contributed by atoms with E-state index in [0.29, 0.717) is 5.58 Å². The van der Waals surface area contributed by atoms with E-state index in [1.165, 1.54) is 17.4 Å². The average Bonchev–Trinajstić information content (AvgIpc) is 3.33. The number of nitrogens with one attached hydrogen (secondary N) is 1. The molecule has 156 valence electrons. The number of benzene rings is 2. The highest BCUT2D eigenvalue weighted by molar-refractivity contribution is 5.92. The van der Waals surface area contributed by atoms with Crippen LogP contribution in [0, 0.1) is 0 Å². The van der Waals surface area contributed by atoms with Gasteiger partial charge in [0.2, 0.25) is 5.91 Å². The van der Waals surface area contributed by atoms with E-state index in [-0.39, 0.29) is 17.7 Å². The van der Waals surface area contributed by atoms with E-state index >= 15 is 0 Å². The zero-order chi connectivity index (χ0) is 20.7. The Kier molecular flexibility index (Phi) is 4.74. The fraction of sp³-hybridized carbons (Fsp3) is 0.417. The topological polar surface area (TPSA) is 67.5 Å². The first kappa shape index (κ1) is 19.1. The number of carbonyl (C=O) groups is 1. The number of aromatic nitrogens is 1. The molecule has 2 aliphatic rings. The summed E-state index contributed by atoms with van der Waals surface area (Å²) in [5.74, 6) is -0.311. The van der Waals surface area contributed by atoms with Gasteiger partial charge in [0, 0.05) is 13.6 Å². The first-order chi connectivity index (χ1) is 14.6. The molecule has 0 radical (unpaired) electrons. The van der Waals surface area contributed by atoms with Crippen LogP contribution < -0.4 is 11.1 Å². The second-order valence-corrected chi connectivity index (χ2v) is 8.64. The maximum Gasteiger partial charge on any atom is 0.419 e. The number of likely N-dealkylation sites (tertiary alicyclic amines) is 1. The van der Waals surface area contributed by atoms with Crippen LogP contribution in [0.25, 0.3) is 11.1 Å². The Hall–Kier alpha value is -2.86. The summed E-state index contributed by atoms with van der Waals surface area (Å²) in [6.07, 6.45) is 4.09. The number of oxazole rings is 1. The fourth-order valence-electron chi connectivity index (χ4n) is 4.64. The third-order valence-corrected chi connectivity index (χ3v) is 6.68. The summed E-state index contributed by atoms with van der Waals surface area (Å²) in [4.78, 5) is 27.8. The highest BCUT2D eigenvalue weighted by Crippen LogP contribution is 2.49. The number of aryl methyl sites for hydroxylation is 1. The number of amides is 1. The normalized spacial score (nSPS) is 19.1. The molecule has 2 fully saturated rings. The minimum Gasteiger partial charge on any atom is -0.408 e. The van der Waals surface area contributed by atoms with Crippen molar-refractivity contribution in [3.8, 4) is 0 Å². The van der Waals surface area contributed by atoms with Gasteiger partial charge in [-0.05, 0) is 62.0 Å². The van der Waals surface area contributed by atoms with E-state index in [0.717, 1.165) is 49.1 Å². The summed E-state index contributed by atoms with van der Waals surface area (Å²) in [5.41, 5.74) is 2.87. The van der Waals surface area contributed by atoms with Gasteiger partial charge >= 0.3 is 5.76 Å². The molecule has 1 saturated carbocycles. The van der Waals surface area contributed by atoms with Crippen molar-refractivity contribution in [3.05, 3.63) is 70.2 Å². The quantitative estimate of drug-likeness (QED) is 0.684. The molecular weight excluding hydrogens is 378 g/mol. The third-order valence-electron chi connectivity index (χ3n) is 6.68. The smallest absolute Gasteiger partial charge is 0.408 e. The van der Waals surface area contributed by atoms with Gasteiger partial charge < -0.3 is 14.6 Å². The molecular formula is C24H27N3O3. The predicted octanol–water partition coefficient (Wildman–Crippen LogP) is 3.12. The van der Waals surface area contributed by atoms with Gasteiger partial charge in [-0.2, -0.15) is 0 Å². The SMILES string of the molecule is Cn1c(=O)oc2ccc(C3(C(=O)NC(CN4CCCC4)c4ccccc4)CC3)cc21. The van der Waals surface area contributed by atoms with E-state index in [1.54, 1.807) is 13.1 Å². The number of hydrogen-bond donors (Lipinski definition) is 1. The van der Waals surface area contributed by atoms with Crippen molar-refractivity contribution in [3.63, 3.8) is 0 Å².